The zero-order valence-electron chi connectivity index (χ0n) is 10.8. The Kier molecular flexibility index (Phi) is 3.41. The van der Waals surface area contributed by atoms with Crippen molar-refractivity contribution in [3.05, 3.63) is 16.5 Å². The predicted molar refractivity (Wildman–Crippen MR) is 77.9 cm³/mol. The normalized spacial score (nSPS) is 24.4. The Hall–Kier alpha value is -0.480. The van der Waals surface area contributed by atoms with Gasteiger partial charge in [0.1, 0.15) is 16.8 Å². The van der Waals surface area contributed by atoms with E-state index in [4.69, 9.17) is 16.6 Å². The summed E-state index contributed by atoms with van der Waals surface area (Å²) < 4.78 is 0. The van der Waals surface area contributed by atoms with Crippen molar-refractivity contribution < 1.29 is 0 Å². The van der Waals surface area contributed by atoms with Gasteiger partial charge in [-0.1, -0.05) is 18.5 Å². The number of nitrogens with zero attached hydrogens (tertiary/aromatic N) is 3. The molecule has 1 saturated carbocycles. The predicted octanol–water partition coefficient (Wildman–Crippen LogP) is 3.26. The Bertz CT molecular complexity index is 462. The van der Waals surface area contributed by atoms with Crippen molar-refractivity contribution in [2.75, 3.05) is 23.7 Å². The standard InChI is InChI=1S/C13H18ClN3S/c1-8-7-17(5-6-18-8)13-9(2)11(14)15-12(16-13)10-3-4-10/h8,10H,3-7H2,1-2H3. The van der Waals surface area contributed by atoms with Gasteiger partial charge in [0.15, 0.2) is 0 Å². The summed E-state index contributed by atoms with van der Waals surface area (Å²) >= 11 is 8.29. The number of hydrogen-bond acceptors (Lipinski definition) is 4. The maximum Gasteiger partial charge on any atom is 0.137 e. The lowest BCUT2D eigenvalue weighted by atomic mass is 10.2. The van der Waals surface area contributed by atoms with Gasteiger partial charge in [0.05, 0.1) is 0 Å². The van der Waals surface area contributed by atoms with Crippen LogP contribution in [-0.4, -0.2) is 34.1 Å². The van der Waals surface area contributed by atoms with Crippen LogP contribution in [0.4, 0.5) is 5.82 Å². The smallest absolute Gasteiger partial charge is 0.137 e. The third kappa shape index (κ3) is 2.45. The molecule has 0 amide bonds. The first kappa shape index (κ1) is 12.5. The summed E-state index contributed by atoms with van der Waals surface area (Å²) in [5.41, 5.74) is 1.03. The molecule has 3 nitrogen and oxygen atoms in total. The van der Waals surface area contributed by atoms with E-state index < -0.39 is 0 Å². The molecule has 1 saturated heterocycles. The molecule has 1 unspecified atom stereocenters. The molecule has 2 aliphatic rings. The molecular formula is C13H18ClN3S. The summed E-state index contributed by atoms with van der Waals surface area (Å²) in [5, 5.41) is 1.30. The van der Waals surface area contributed by atoms with E-state index in [1.165, 1.54) is 18.6 Å². The molecule has 0 aromatic carbocycles. The molecule has 1 atom stereocenters. The van der Waals surface area contributed by atoms with E-state index in [1.807, 2.05) is 18.7 Å². The van der Waals surface area contributed by atoms with Gasteiger partial charge in [0.2, 0.25) is 0 Å². The van der Waals surface area contributed by atoms with E-state index in [0.29, 0.717) is 16.3 Å². The lowest BCUT2D eigenvalue weighted by Crippen LogP contribution is -2.37. The average Bonchev–Trinajstić information content (AvgIpc) is 3.16. The molecule has 98 valence electrons. The maximum absolute atomic E-state index is 6.26. The van der Waals surface area contributed by atoms with Gasteiger partial charge in [-0.2, -0.15) is 11.8 Å². The molecule has 2 heterocycles. The summed E-state index contributed by atoms with van der Waals surface area (Å²) in [5.74, 6) is 3.73. The van der Waals surface area contributed by atoms with Gasteiger partial charge in [-0.25, -0.2) is 9.97 Å². The molecule has 0 radical (unpaired) electrons. The van der Waals surface area contributed by atoms with E-state index >= 15 is 0 Å². The van der Waals surface area contributed by atoms with E-state index in [-0.39, 0.29) is 0 Å². The van der Waals surface area contributed by atoms with Crippen LogP contribution in [0.15, 0.2) is 0 Å². The summed E-state index contributed by atoms with van der Waals surface area (Å²) in [7, 11) is 0. The van der Waals surface area contributed by atoms with Crippen LogP contribution in [-0.2, 0) is 0 Å². The lowest BCUT2D eigenvalue weighted by Gasteiger charge is -2.32. The Morgan fingerprint density at radius 1 is 1.33 bits per heavy atom. The van der Waals surface area contributed by atoms with E-state index in [0.717, 1.165) is 30.3 Å². The van der Waals surface area contributed by atoms with Crippen LogP contribution in [0.5, 0.6) is 0 Å². The average molecular weight is 284 g/mol. The van der Waals surface area contributed by atoms with Gasteiger partial charge in [-0.05, 0) is 19.8 Å². The lowest BCUT2D eigenvalue weighted by molar-refractivity contribution is 0.755. The molecule has 1 aromatic rings. The van der Waals surface area contributed by atoms with Crippen molar-refractivity contribution in [1.82, 2.24) is 9.97 Å². The SMILES string of the molecule is Cc1c(Cl)nc(C2CC2)nc1N1CCSC(C)C1. The number of hydrogen-bond donors (Lipinski definition) is 0. The third-order valence-electron chi connectivity index (χ3n) is 3.56. The highest BCUT2D eigenvalue weighted by Crippen LogP contribution is 2.40. The number of thioether (sulfide) groups is 1. The Morgan fingerprint density at radius 3 is 2.78 bits per heavy atom. The van der Waals surface area contributed by atoms with Gasteiger partial charge in [-0.3, -0.25) is 0 Å². The Labute approximate surface area is 117 Å². The second kappa shape index (κ2) is 4.89. The van der Waals surface area contributed by atoms with Crippen molar-refractivity contribution in [2.45, 2.75) is 37.9 Å². The molecule has 5 heteroatoms. The molecule has 0 bridgehead atoms. The summed E-state index contributed by atoms with van der Waals surface area (Å²) in [6.07, 6.45) is 2.43. The Balaban J connectivity index is 1.93. The molecule has 0 spiro atoms. The molecule has 3 rings (SSSR count). The van der Waals surface area contributed by atoms with Crippen LogP contribution in [0.2, 0.25) is 5.15 Å². The van der Waals surface area contributed by atoms with Crippen molar-refractivity contribution >= 4 is 29.2 Å². The fraction of sp³-hybridized carbons (Fsp3) is 0.692. The van der Waals surface area contributed by atoms with Crippen LogP contribution in [0.3, 0.4) is 0 Å². The molecular weight excluding hydrogens is 266 g/mol. The molecule has 1 aliphatic carbocycles. The van der Waals surface area contributed by atoms with Gasteiger partial charge in [-0.15, -0.1) is 0 Å². The second-order valence-corrected chi connectivity index (χ2v) is 7.13. The van der Waals surface area contributed by atoms with Crippen molar-refractivity contribution in [2.24, 2.45) is 0 Å². The first-order chi connectivity index (χ1) is 8.65. The first-order valence-corrected chi connectivity index (χ1v) is 7.98. The highest BCUT2D eigenvalue weighted by molar-refractivity contribution is 8.00. The zero-order valence-corrected chi connectivity index (χ0v) is 12.4. The molecule has 1 aliphatic heterocycles. The van der Waals surface area contributed by atoms with Crippen LogP contribution >= 0.6 is 23.4 Å². The minimum absolute atomic E-state index is 0.554. The highest BCUT2D eigenvalue weighted by atomic mass is 35.5. The largest absolute Gasteiger partial charge is 0.354 e. The third-order valence-corrected chi connectivity index (χ3v) is 5.07. The van der Waals surface area contributed by atoms with Crippen LogP contribution < -0.4 is 4.90 Å². The van der Waals surface area contributed by atoms with Crippen molar-refractivity contribution in [3.63, 3.8) is 0 Å². The molecule has 1 aromatic heterocycles. The molecule has 2 fully saturated rings. The summed E-state index contributed by atoms with van der Waals surface area (Å²) in [6, 6.07) is 0. The van der Waals surface area contributed by atoms with E-state index in [1.54, 1.807) is 0 Å². The monoisotopic (exact) mass is 283 g/mol. The number of aromatic nitrogens is 2. The number of rotatable bonds is 2. The minimum Gasteiger partial charge on any atom is -0.354 e. The Morgan fingerprint density at radius 2 is 2.11 bits per heavy atom. The topological polar surface area (TPSA) is 29.0 Å². The van der Waals surface area contributed by atoms with Gasteiger partial charge >= 0.3 is 0 Å². The van der Waals surface area contributed by atoms with E-state index in [9.17, 15) is 0 Å². The van der Waals surface area contributed by atoms with Gasteiger partial charge < -0.3 is 4.90 Å². The first-order valence-electron chi connectivity index (χ1n) is 6.55. The minimum atomic E-state index is 0.554. The second-order valence-electron chi connectivity index (χ2n) is 5.22. The van der Waals surface area contributed by atoms with Crippen LogP contribution in [0.25, 0.3) is 0 Å². The number of anilines is 1. The highest BCUT2D eigenvalue weighted by Gasteiger charge is 2.29. The van der Waals surface area contributed by atoms with Gasteiger partial charge in [0, 0.05) is 35.6 Å². The maximum atomic E-state index is 6.26. The molecule has 18 heavy (non-hydrogen) atoms. The zero-order chi connectivity index (χ0) is 12.7. The molecule has 0 N–H and O–H groups in total. The van der Waals surface area contributed by atoms with Crippen molar-refractivity contribution in [3.8, 4) is 0 Å². The summed E-state index contributed by atoms with van der Waals surface area (Å²) in [6.45, 7) is 6.42. The summed E-state index contributed by atoms with van der Waals surface area (Å²) in [4.78, 5) is 11.6. The quantitative estimate of drug-likeness (QED) is 0.779. The van der Waals surface area contributed by atoms with Crippen LogP contribution in [0.1, 0.15) is 37.1 Å². The number of halogens is 1. The fourth-order valence-electron chi connectivity index (χ4n) is 2.34. The fourth-order valence-corrected chi connectivity index (χ4v) is 3.52. The van der Waals surface area contributed by atoms with Crippen LogP contribution in [0, 0.1) is 6.92 Å². The van der Waals surface area contributed by atoms with Gasteiger partial charge in [0.25, 0.3) is 0 Å². The van der Waals surface area contributed by atoms with E-state index in [2.05, 4.69) is 16.8 Å². The van der Waals surface area contributed by atoms with Crippen molar-refractivity contribution in [1.29, 1.82) is 0 Å².